The molecule has 1 aromatic rings. The molecule has 1 fully saturated rings. The number of piperidine rings is 1. The van der Waals surface area contributed by atoms with E-state index in [1.54, 1.807) is 14.2 Å². The van der Waals surface area contributed by atoms with Crippen molar-refractivity contribution < 1.29 is 9.47 Å². The van der Waals surface area contributed by atoms with E-state index in [0.29, 0.717) is 23.1 Å². The Kier molecular flexibility index (Phi) is 5.73. The molecule has 118 valence electrons. The lowest BCUT2D eigenvalue weighted by molar-refractivity contribution is 0.141. The van der Waals surface area contributed by atoms with Gasteiger partial charge in [-0.2, -0.15) is 0 Å². The van der Waals surface area contributed by atoms with Gasteiger partial charge in [0, 0.05) is 12.6 Å². The van der Waals surface area contributed by atoms with Crippen LogP contribution in [0, 0.1) is 5.92 Å². The highest BCUT2D eigenvalue weighted by atomic mass is 35.5. The number of nitrogens with two attached hydrogens (primary N) is 1. The maximum atomic E-state index is 6.31. The summed E-state index contributed by atoms with van der Waals surface area (Å²) < 4.78 is 10.7. The predicted molar refractivity (Wildman–Crippen MR) is 86.3 cm³/mol. The molecule has 1 heterocycles. The Bertz CT molecular complexity index is 474. The number of hydrogen-bond acceptors (Lipinski definition) is 4. The smallest absolute Gasteiger partial charge is 0.179 e. The lowest BCUT2D eigenvalue weighted by atomic mass is 9.95. The van der Waals surface area contributed by atoms with Crippen LogP contribution in [0.5, 0.6) is 11.5 Å². The molecule has 0 bridgehead atoms. The first kappa shape index (κ1) is 16.4. The summed E-state index contributed by atoms with van der Waals surface area (Å²) in [5.74, 6) is 2.03. The van der Waals surface area contributed by atoms with E-state index >= 15 is 0 Å². The first-order valence-corrected chi connectivity index (χ1v) is 7.84. The van der Waals surface area contributed by atoms with Crippen LogP contribution in [-0.4, -0.2) is 38.8 Å². The summed E-state index contributed by atoms with van der Waals surface area (Å²) in [4.78, 5) is 2.44. The second kappa shape index (κ2) is 7.34. The molecule has 0 saturated carbocycles. The molecule has 0 amide bonds. The minimum Gasteiger partial charge on any atom is -0.493 e. The summed E-state index contributed by atoms with van der Waals surface area (Å²) in [5.41, 5.74) is 7.12. The van der Waals surface area contributed by atoms with E-state index in [9.17, 15) is 0 Å². The van der Waals surface area contributed by atoms with Gasteiger partial charge >= 0.3 is 0 Å². The number of benzene rings is 1. The quantitative estimate of drug-likeness (QED) is 0.907. The Morgan fingerprint density at radius 2 is 1.95 bits per heavy atom. The Morgan fingerprint density at radius 1 is 1.29 bits per heavy atom. The summed E-state index contributed by atoms with van der Waals surface area (Å²) in [6.07, 6.45) is 2.44. The third-order valence-electron chi connectivity index (χ3n) is 4.32. The molecule has 0 radical (unpaired) electrons. The fourth-order valence-corrected chi connectivity index (χ4v) is 3.26. The average molecular weight is 313 g/mol. The first-order chi connectivity index (χ1) is 10.1. The molecule has 1 unspecified atom stereocenters. The van der Waals surface area contributed by atoms with Crippen molar-refractivity contribution >= 4 is 11.6 Å². The van der Waals surface area contributed by atoms with Crippen LogP contribution in [0.2, 0.25) is 5.02 Å². The fraction of sp³-hybridized carbons (Fsp3) is 0.625. The normalized spacial score (nSPS) is 18.5. The molecule has 1 aliphatic rings. The summed E-state index contributed by atoms with van der Waals surface area (Å²) >= 11 is 6.31. The largest absolute Gasteiger partial charge is 0.493 e. The standard InChI is InChI=1S/C16H25ClN2O2/c1-11-4-6-19(7-5-11)14(10-18)12-8-13(17)16(21-3)15(9-12)20-2/h8-9,11,14H,4-7,10,18H2,1-3H3. The van der Waals surface area contributed by atoms with Crippen molar-refractivity contribution in [1.82, 2.24) is 4.90 Å². The molecule has 0 spiro atoms. The van der Waals surface area contributed by atoms with Crippen LogP contribution < -0.4 is 15.2 Å². The van der Waals surface area contributed by atoms with Crippen LogP contribution in [0.1, 0.15) is 31.4 Å². The SMILES string of the molecule is COc1cc(C(CN)N2CCC(C)CC2)cc(Cl)c1OC. The first-order valence-electron chi connectivity index (χ1n) is 7.46. The minimum absolute atomic E-state index is 0.176. The zero-order valence-corrected chi connectivity index (χ0v) is 13.8. The average Bonchev–Trinajstić information content (AvgIpc) is 2.49. The summed E-state index contributed by atoms with van der Waals surface area (Å²) in [5, 5.41) is 0.565. The Morgan fingerprint density at radius 3 is 2.48 bits per heavy atom. The van der Waals surface area contributed by atoms with Gasteiger partial charge < -0.3 is 15.2 Å². The number of rotatable bonds is 5. The van der Waals surface area contributed by atoms with E-state index in [2.05, 4.69) is 11.8 Å². The number of ether oxygens (including phenoxy) is 2. The van der Waals surface area contributed by atoms with Gasteiger partial charge in [0.05, 0.1) is 19.2 Å². The van der Waals surface area contributed by atoms with Crippen molar-refractivity contribution in [2.45, 2.75) is 25.8 Å². The maximum absolute atomic E-state index is 6.31. The molecule has 1 atom stereocenters. The van der Waals surface area contributed by atoms with Crippen LogP contribution in [0.15, 0.2) is 12.1 Å². The zero-order chi connectivity index (χ0) is 15.4. The van der Waals surface area contributed by atoms with E-state index in [0.717, 1.165) is 24.6 Å². The number of likely N-dealkylation sites (tertiary alicyclic amines) is 1. The molecule has 21 heavy (non-hydrogen) atoms. The highest BCUT2D eigenvalue weighted by Gasteiger charge is 2.25. The molecule has 0 aliphatic carbocycles. The number of nitrogens with zero attached hydrogens (tertiary/aromatic N) is 1. The van der Waals surface area contributed by atoms with Gasteiger partial charge in [0.1, 0.15) is 0 Å². The van der Waals surface area contributed by atoms with Gasteiger partial charge in [-0.3, -0.25) is 4.90 Å². The predicted octanol–water partition coefficient (Wildman–Crippen LogP) is 3.09. The maximum Gasteiger partial charge on any atom is 0.179 e. The van der Waals surface area contributed by atoms with E-state index in [-0.39, 0.29) is 6.04 Å². The summed E-state index contributed by atoms with van der Waals surface area (Å²) in [7, 11) is 3.22. The van der Waals surface area contributed by atoms with Crippen molar-refractivity contribution in [3.8, 4) is 11.5 Å². The van der Waals surface area contributed by atoms with E-state index in [1.165, 1.54) is 12.8 Å². The Balaban J connectivity index is 2.27. The molecule has 2 rings (SSSR count). The lowest BCUT2D eigenvalue weighted by Crippen LogP contribution is -2.39. The van der Waals surface area contributed by atoms with Crippen molar-refractivity contribution in [1.29, 1.82) is 0 Å². The summed E-state index contributed by atoms with van der Waals surface area (Å²) in [6.45, 7) is 5.03. The van der Waals surface area contributed by atoms with Gasteiger partial charge in [-0.05, 0) is 49.5 Å². The second-order valence-corrected chi connectivity index (χ2v) is 6.12. The van der Waals surface area contributed by atoms with Crippen molar-refractivity contribution in [3.05, 3.63) is 22.7 Å². The van der Waals surface area contributed by atoms with Gasteiger partial charge in [-0.1, -0.05) is 18.5 Å². The van der Waals surface area contributed by atoms with Gasteiger partial charge in [0.15, 0.2) is 11.5 Å². The lowest BCUT2D eigenvalue weighted by Gasteiger charge is -2.36. The monoisotopic (exact) mass is 312 g/mol. The molecule has 0 aromatic heterocycles. The Labute approximate surface area is 132 Å². The number of hydrogen-bond donors (Lipinski definition) is 1. The topological polar surface area (TPSA) is 47.7 Å². The van der Waals surface area contributed by atoms with Gasteiger partial charge in [0.25, 0.3) is 0 Å². The summed E-state index contributed by atoms with van der Waals surface area (Å²) in [6, 6.07) is 4.11. The second-order valence-electron chi connectivity index (χ2n) is 5.71. The van der Waals surface area contributed by atoms with Crippen LogP contribution in [0.25, 0.3) is 0 Å². The van der Waals surface area contributed by atoms with Crippen LogP contribution in [0.4, 0.5) is 0 Å². The van der Waals surface area contributed by atoms with Gasteiger partial charge in [-0.15, -0.1) is 0 Å². The molecular formula is C16H25ClN2O2. The number of halogens is 1. The molecule has 1 aliphatic heterocycles. The zero-order valence-electron chi connectivity index (χ0n) is 13.1. The molecule has 2 N–H and O–H groups in total. The van der Waals surface area contributed by atoms with Gasteiger partial charge in [0.2, 0.25) is 0 Å². The van der Waals surface area contributed by atoms with E-state index in [1.807, 2.05) is 12.1 Å². The highest BCUT2D eigenvalue weighted by molar-refractivity contribution is 6.32. The Hall–Kier alpha value is -0.970. The van der Waals surface area contributed by atoms with E-state index < -0.39 is 0 Å². The van der Waals surface area contributed by atoms with Crippen molar-refractivity contribution in [2.75, 3.05) is 33.9 Å². The van der Waals surface area contributed by atoms with E-state index in [4.69, 9.17) is 26.8 Å². The third-order valence-corrected chi connectivity index (χ3v) is 4.60. The van der Waals surface area contributed by atoms with Crippen LogP contribution >= 0.6 is 11.6 Å². The van der Waals surface area contributed by atoms with Crippen LogP contribution in [-0.2, 0) is 0 Å². The van der Waals surface area contributed by atoms with Gasteiger partial charge in [-0.25, -0.2) is 0 Å². The third kappa shape index (κ3) is 3.62. The number of methoxy groups -OCH3 is 2. The highest BCUT2D eigenvalue weighted by Crippen LogP contribution is 2.39. The van der Waals surface area contributed by atoms with Crippen molar-refractivity contribution in [3.63, 3.8) is 0 Å². The molecular weight excluding hydrogens is 288 g/mol. The molecule has 1 saturated heterocycles. The molecule has 4 nitrogen and oxygen atoms in total. The molecule has 5 heteroatoms. The minimum atomic E-state index is 0.176. The molecule has 1 aromatic carbocycles. The van der Waals surface area contributed by atoms with Crippen LogP contribution in [0.3, 0.4) is 0 Å². The van der Waals surface area contributed by atoms with Crippen molar-refractivity contribution in [2.24, 2.45) is 11.7 Å². The fourth-order valence-electron chi connectivity index (χ4n) is 2.97.